The van der Waals surface area contributed by atoms with E-state index in [1.165, 1.54) is 23.5 Å². The predicted molar refractivity (Wildman–Crippen MR) is 202 cm³/mol. The van der Waals surface area contributed by atoms with Crippen molar-refractivity contribution in [2.75, 3.05) is 97.5 Å². The standard InChI is InChI=1S/C25H48O6S10/c26-7-1-11-38-24(28)5-12-34-22-33-10-4-19-41(31)20-16-37-23-36-14-15-39-25(29)6-13-35-21-32-9-3-18-40(30)17-2-8-27/h26-27H,1-23H2. The van der Waals surface area contributed by atoms with Gasteiger partial charge in [-0.15, -0.1) is 11.8 Å². The van der Waals surface area contributed by atoms with Gasteiger partial charge in [0.25, 0.3) is 0 Å². The molecule has 6 nitrogen and oxygen atoms in total. The fourth-order valence-corrected chi connectivity index (χ4v) is 13.9. The van der Waals surface area contributed by atoms with Crippen molar-refractivity contribution in [3.05, 3.63) is 0 Å². The minimum atomic E-state index is -0.804. The van der Waals surface area contributed by atoms with Gasteiger partial charge in [0.15, 0.2) is 10.2 Å². The highest BCUT2D eigenvalue weighted by molar-refractivity contribution is 8.18. The van der Waals surface area contributed by atoms with Gasteiger partial charge in [0.05, 0.1) is 0 Å². The Balaban J connectivity index is 3.33. The molecule has 0 radical (unpaired) electrons. The third-order valence-electron chi connectivity index (χ3n) is 4.76. The molecule has 0 bridgehead atoms. The van der Waals surface area contributed by atoms with E-state index in [9.17, 15) is 18.7 Å². The lowest BCUT2D eigenvalue weighted by Crippen LogP contribution is -2.13. The molecule has 2 unspecified atom stereocenters. The van der Waals surface area contributed by atoms with E-state index in [-0.39, 0.29) is 23.4 Å². The highest BCUT2D eigenvalue weighted by Gasteiger charge is 2.08. The Hall–Kier alpha value is 2.68. The summed E-state index contributed by atoms with van der Waals surface area (Å²) in [6, 6.07) is 0. The fraction of sp³-hybridized carbons (Fsp3) is 0.920. The third-order valence-corrected chi connectivity index (χ3v) is 17.3. The van der Waals surface area contributed by atoms with Crippen LogP contribution in [0.3, 0.4) is 0 Å². The normalized spacial score (nSPS) is 13.0. The second kappa shape index (κ2) is 35.5. The summed E-state index contributed by atoms with van der Waals surface area (Å²) >= 11 is 12.1. The maximum atomic E-state index is 12.2. The maximum absolute atomic E-state index is 12.2. The van der Waals surface area contributed by atoms with E-state index < -0.39 is 22.4 Å². The number of hydrogen-bond acceptors (Lipinski definition) is 14. The summed E-state index contributed by atoms with van der Waals surface area (Å²) in [5, 5.41) is 20.9. The van der Waals surface area contributed by atoms with Crippen molar-refractivity contribution in [1.29, 1.82) is 0 Å². The van der Waals surface area contributed by atoms with Crippen LogP contribution in [0.15, 0.2) is 0 Å². The Bertz CT molecular complexity index is 597. The lowest BCUT2D eigenvalue weighted by molar-refractivity contribution is -0.111. The van der Waals surface area contributed by atoms with Crippen molar-refractivity contribution < 1.29 is 28.9 Å². The van der Waals surface area contributed by atoms with Gasteiger partial charge >= 0.3 is 0 Å². The number of carbonyl (C=O) groups excluding carboxylic acids is 2. The largest absolute Gasteiger partial charge is 0.616 e. The molecular formula is C25H48O6S10. The van der Waals surface area contributed by atoms with E-state index in [2.05, 4.69) is 0 Å². The zero-order chi connectivity index (χ0) is 30.2. The number of thioether (sulfide) groups is 8. The van der Waals surface area contributed by atoms with Gasteiger partial charge in [-0.2, -0.15) is 58.8 Å². The van der Waals surface area contributed by atoms with E-state index >= 15 is 0 Å². The van der Waals surface area contributed by atoms with Crippen molar-refractivity contribution in [1.82, 2.24) is 0 Å². The molecule has 2 atom stereocenters. The summed E-state index contributed by atoms with van der Waals surface area (Å²) in [4.78, 5) is 23.6. The quantitative estimate of drug-likeness (QED) is 0.0503. The number of carbonyl (C=O) groups is 2. The van der Waals surface area contributed by atoms with Crippen molar-refractivity contribution in [3.63, 3.8) is 0 Å². The molecular weight excluding hydrogens is 717 g/mol. The first-order valence-corrected chi connectivity index (χ1v) is 25.6. The minimum Gasteiger partial charge on any atom is -0.616 e. The molecule has 0 aromatic rings. The molecule has 0 heterocycles. The fourth-order valence-electron chi connectivity index (χ4n) is 2.68. The van der Waals surface area contributed by atoms with Crippen molar-refractivity contribution in [2.45, 2.75) is 38.5 Å². The van der Waals surface area contributed by atoms with Crippen LogP contribution < -0.4 is 0 Å². The number of aliphatic hydroxyl groups excluding tert-OH is 2. The average Bonchev–Trinajstić information content (AvgIpc) is 2.96. The van der Waals surface area contributed by atoms with Gasteiger partial charge < -0.3 is 19.3 Å². The van der Waals surface area contributed by atoms with E-state index in [4.69, 9.17) is 10.2 Å². The van der Waals surface area contributed by atoms with Gasteiger partial charge in [-0.1, -0.05) is 45.9 Å². The molecule has 2 N–H and O–H groups in total. The monoisotopic (exact) mass is 764 g/mol. The van der Waals surface area contributed by atoms with E-state index in [0.29, 0.717) is 42.9 Å². The summed E-state index contributed by atoms with van der Waals surface area (Å²) < 4.78 is 23.8. The first-order chi connectivity index (χ1) is 20.0. The highest BCUT2D eigenvalue weighted by atomic mass is 32.2. The molecule has 41 heavy (non-hydrogen) atoms. The van der Waals surface area contributed by atoms with E-state index in [0.717, 1.165) is 79.9 Å². The summed E-state index contributed by atoms with van der Waals surface area (Å²) in [5.41, 5.74) is 0. The zero-order valence-corrected chi connectivity index (χ0v) is 32.0. The summed E-state index contributed by atoms with van der Waals surface area (Å²) in [6.45, 7) is 0.252. The summed E-state index contributed by atoms with van der Waals surface area (Å²) in [7, 11) is 0. The van der Waals surface area contributed by atoms with Crippen molar-refractivity contribution >= 4 is 127 Å². The second-order valence-electron chi connectivity index (χ2n) is 8.30. The molecule has 0 amide bonds. The van der Waals surface area contributed by atoms with Gasteiger partial charge in [0.2, 0.25) is 0 Å². The average molecular weight is 765 g/mol. The third kappa shape index (κ3) is 35.4. The minimum absolute atomic E-state index is 0.111. The van der Waals surface area contributed by atoms with Crippen LogP contribution in [0.2, 0.25) is 0 Å². The van der Waals surface area contributed by atoms with Crippen LogP contribution in [-0.4, -0.2) is 127 Å². The van der Waals surface area contributed by atoms with Gasteiger partial charge in [-0.25, -0.2) is 0 Å². The Labute approximate surface area is 289 Å². The van der Waals surface area contributed by atoms with Crippen LogP contribution >= 0.6 is 94.1 Å². The smallest absolute Gasteiger partial charge is 0.189 e. The Morgan fingerprint density at radius 2 is 0.927 bits per heavy atom. The van der Waals surface area contributed by atoms with Gasteiger partial charge in [-0.3, -0.25) is 9.59 Å². The summed E-state index contributed by atoms with van der Waals surface area (Å²) in [5.74, 6) is 9.92. The topological polar surface area (TPSA) is 121 Å². The molecule has 0 aliphatic carbocycles. The molecule has 0 spiro atoms. The molecule has 0 fully saturated rings. The lowest BCUT2D eigenvalue weighted by atomic mass is 10.5. The van der Waals surface area contributed by atoms with Gasteiger partial charge in [0, 0.05) is 95.1 Å². The van der Waals surface area contributed by atoms with E-state index in [1.54, 1.807) is 23.5 Å². The predicted octanol–water partition coefficient (Wildman–Crippen LogP) is 5.60. The van der Waals surface area contributed by atoms with Crippen LogP contribution in [0.1, 0.15) is 38.5 Å². The second-order valence-corrected chi connectivity index (χ2v) is 21.7. The first-order valence-electron chi connectivity index (χ1n) is 13.7. The molecule has 0 saturated carbocycles. The van der Waals surface area contributed by atoms with Crippen LogP contribution in [-0.2, 0) is 31.9 Å². The van der Waals surface area contributed by atoms with Crippen molar-refractivity contribution in [3.8, 4) is 0 Å². The van der Waals surface area contributed by atoms with Gasteiger partial charge in [0.1, 0.15) is 23.0 Å². The highest BCUT2D eigenvalue weighted by Crippen LogP contribution is 2.19. The molecule has 0 saturated heterocycles. The molecule has 0 aliphatic rings. The van der Waals surface area contributed by atoms with Crippen LogP contribution in [0.25, 0.3) is 0 Å². The molecule has 16 heteroatoms. The molecule has 0 aromatic carbocycles. The van der Waals surface area contributed by atoms with Crippen LogP contribution in [0.4, 0.5) is 0 Å². The molecule has 244 valence electrons. The molecule has 0 aliphatic heterocycles. The number of rotatable bonds is 32. The number of aliphatic hydroxyl groups is 2. The maximum Gasteiger partial charge on any atom is 0.189 e. The summed E-state index contributed by atoms with van der Waals surface area (Å²) in [6.07, 6.45) is 4.38. The van der Waals surface area contributed by atoms with E-state index in [1.807, 2.05) is 47.0 Å². The Morgan fingerprint density at radius 1 is 0.488 bits per heavy atom. The lowest BCUT2D eigenvalue weighted by Gasteiger charge is -2.10. The van der Waals surface area contributed by atoms with Gasteiger partial charge in [-0.05, 0) is 17.9 Å². The zero-order valence-electron chi connectivity index (χ0n) is 23.9. The Kier molecular flexibility index (Phi) is 37.9. The first kappa shape index (κ1) is 43.7. The van der Waals surface area contributed by atoms with Crippen molar-refractivity contribution in [2.24, 2.45) is 0 Å². The number of hydrogen-bond donors (Lipinski definition) is 2. The molecule has 0 rings (SSSR count). The van der Waals surface area contributed by atoms with Crippen LogP contribution in [0.5, 0.6) is 0 Å². The SMILES string of the molecule is O=C(CCSCSCCC[S+]([O-])CCSCSCCSC(=O)CCSCSCCC[S+]([O-])CCCO)SCCCO. The molecule has 0 aromatic heterocycles. The Morgan fingerprint density at radius 3 is 1.49 bits per heavy atom. The van der Waals surface area contributed by atoms with Crippen LogP contribution in [0, 0.1) is 0 Å².